The number of thiol groups is 1. The number of benzene rings is 1. The molecule has 110 valence electrons. The van der Waals surface area contributed by atoms with Crippen LogP contribution in [0.1, 0.15) is 43.0 Å². The molecule has 3 nitrogen and oxygen atoms in total. The van der Waals surface area contributed by atoms with Gasteiger partial charge in [-0.3, -0.25) is 9.78 Å². The second-order valence-electron chi connectivity index (χ2n) is 5.97. The van der Waals surface area contributed by atoms with Gasteiger partial charge in [0, 0.05) is 22.5 Å². The average Bonchev–Trinajstić information content (AvgIpc) is 2.50. The molecule has 1 aromatic carbocycles. The van der Waals surface area contributed by atoms with Gasteiger partial charge in [0.1, 0.15) is 0 Å². The SMILES string of the molecule is CC1CCC(NC(=O)c2ccc3cccnc3c2S)CC1. The molecule has 2 aromatic rings. The van der Waals surface area contributed by atoms with E-state index in [0.717, 1.165) is 29.7 Å². The number of amides is 1. The van der Waals surface area contributed by atoms with Crippen LogP contribution in [0.4, 0.5) is 0 Å². The Hall–Kier alpha value is -1.55. The normalized spacial score (nSPS) is 22.2. The zero-order chi connectivity index (χ0) is 14.8. The zero-order valence-electron chi connectivity index (χ0n) is 12.2. The van der Waals surface area contributed by atoms with E-state index in [1.54, 1.807) is 6.20 Å². The first-order valence-corrected chi connectivity index (χ1v) is 7.97. The van der Waals surface area contributed by atoms with Crippen LogP contribution in [-0.2, 0) is 0 Å². The van der Waals surface area contributed by atoms with E-state index < -0.39 is 0 Å². The lowest BCUT2D eigenvalue weighted by molar-refractivity contribution is 0.0920. The number of pyridine rings is 1. The van der Waals surface area contributed by atoms with Crippen LogP contribution in [0.25, 0.3) is 10.9 Å². The zero-order valence-corrected chi connectivity index (χ0v) is 13.1. The molecule has 1 heterocycles. The molecule has 1 aliphatic rings. The van der Waals surface area contributed by atoms with Crippen LogP contribution in [0.5, 0.6) is 0 Å². The summed E-state index contributed by atoms with van der Waals surface area (Å²) in [6.45, 7) is 2.28. The molecule has 1 aromatic heterocycles. The molecule has 4 heteroatoms. The van der Waals surface area contributed by atoms with Gasteiger partial charge in [-0.25, -0.2) is 0 Å². The van der Waals surface area contributed by atoms with Gasteiger partial charge in [-0.15, -0.1) is 12.6 Å². The monoisotopic (exact) mass is 300 g/mol. The molecular formula is C17H20N2OS. The number of aromatic nitrogens is 1. The molecule has 1 fully saturated rings. The Morgan fingerprint density at radius 1 is 1.24 bits per heavy atom. The highest BCUT2D eigenvalue weighted by molar-refractivity contribution is 7.80. The molecule has 0 atom stereocenters. The quantitative estimate of drug-likeness (QED) is 0.828. The summed E-state index contributed by atoms with van der Waals surface area (Å²) < 4.78 is 0. The van der Waals surface area contributed by atoms with Crippen molar-refractivity contribution in [1.29, 1.82) is 0 Å². The van der Waals surface area contributed by atoms with Gasteiger partial charge in [0.15, 0.2) is 0 Å². The summed E-state index contributed by atoms with van der Waals surface area (Å²) in [5, 5.41) is 4.15. The van der Waals surface area contributed by atoms with Crippen molar-refractivity contribution in [3.8, 4) is 0 Å². The summed E-state index contributed by atoms with van der Waals surface area (Å²) in [6, 6.07) is 7.93. The summed E-state index contributed by atoms with van der Waals surface area (Å²) in [4.78, 5) is 17.5. The van der Waals surface area contributed by atoms with Crippen LogP contribution in [0.3, 0.4) is 0 Å². The van der Waals surface area contributed by atoms with Gasteiger partial charge < -0.3 is 5.32 Å². The predicted octanol–water partition coefficient (Wildman–Crippen LogP) is 3.83. The van der Waals surface area contributed by atoms with Gasteiger partial charge >= 0.3 is 0 Å². The van der Waals surface area contributed by atoms with Crippen molar-refractivity contribution >= 4 is 29.4 Å². The van der Waals surface area contributed by atoms with Crippen molar-refractivity contribution in [3.63, 3.8) is 0 Å². The molecule has 0 radical (unpaired) electrons. The molecule has 0 unspecified atom stereocenters. The van der Waals surface area contributed by atoms with Gasteiger partial charge in [0.05, 0.1) is 11.1 Å². The van der Waals surface area contributed by atoms with Crippen molar-refractivity contribution in [1.82, 2.24) is 10.3 Å². The van der Waals surface area contributed by atoms with Crippen molar-refractivity contribution < 1.29 is 4.79 Å². The van der Waals surface area contributed by atoms with Gasteiger partial charge in [0.25, 0.3) is 5.91 Å². The van der Waals surface area contributed by atoms with Crippen LogP contribution in [0, 0.1) is 5.92 Å². The highest BCUT2D eigenvalue weighted by Gasteiger charge is 2.21. The second kappa shape index (κ2) is 6.06. The number of carbonyl (C=O) groups is 1. The molecule has 0 bridgehead atoms. The average molecular weight is 300 g/mol. The molecule has 3 rings (SSSR count). The maximum absolute atomic E-state index is 12.5. The van der Waals surface area contributed by atoms with Gasteiger partial charge in [-0.1, -0.05) is 19.1 Å². The molecule has 1 aliphatic carbocycles. The molecule has 21 heavy (non-hydrogen) atoms. The van der Waals surface area contributed by atoms with Crippen molar-refractivity contribution in [2.75, 3.05) is 0 Å². The first-order valence-electron chi connectivity index (χ1n) is 7.52. The molecule has 1 N–H and O–H groups in total. The molecule has 1 saturated carbocycles. The highest BCUT2D eigenvalue weighted by atomic mass is 32.1. The fraction of sp³-hybridized carbons (Fsp3) is 0.412. The number of fused-ring (bicyclic) bond motifs is 1. The Bertz CT molecular complexity index is 663. The molecule has 0 spiro atoms. The Morgan fingerprint density at radius 2 is 2.00 bits per heavy atom. The minimum atomic E-state index is -0.0351. The lowest BCUT2D eigenvalue weighted by Crippen LogP contribution is -2.37. The third kappa shape index (κ3) is 3.05. The summed E-state index contributed by atoms with van der Waals surface area (Å²) in [6.07, 6.45) is 6.25. The van der Waals surface area contributed by atoms with Gasteiger partial charge in [-0.05, 0) is 43.7 Å². The lowest BCUT2D eigenvalue weighted by Gasteiger charge is -2.27. The summed E-state index contributed by atoms with van der Waals surface area (Å²) in [5.74, 6) is 0.746. The molecule has 1 amide bonds. The standard InChI is InChI=1S/C17H20N2OS/c1-11-4-7-13(8-5-11)19-17(20)14-9-6-12-3-2-10-18-15(12)16(14)21/h2-3,6,9-11,13,21H,4-5,7-8H2,1H3,(H,19,20). The number of nitrogens with one attached hydrogen (secondary N) is 1. The van der Waals surface area contributed by atoms with E-state index in [4.69, 9.17) is 0 Å². The Labute approximate surface area is 130 Å². The van der Waals surface area contributed by atoms with E-state index >= 15 is 0 Å². The summed E-state index contributed by atoms with van der Waals surface area (Å²) in [7, 11) is 0. The lowest BCUT2D eigenvalue weighted by atomic mass is 9.87. The van der Waals surface area contributed by atoms with E-state index in [1.807, 2.05) is 24.3 Å². The number of carbonyl (C=O) groups excluding carboxylic acids is 1. The van der Waals surface area contributed by atoms with E-state index in [2.05, 4.69) is 29.9 Å². The van der Waals surface area contributed by atoms with Crippen LogP contribution >= 0.6 is 12.6 Å². The molecular weight excluding hydrogens is 280 g/mol. The van der Waals surface area contributed by atoms with Crippen LogP contribution < -0.4 is 5.32 Å². The fourth-order valence-corrected chi connectivity index (χ4v) is 3.34. The summed E-state index contributed by atoms with van der Waals surface area (Å²) >= 11 is 4.51. The third-order valence-corrected chi connectivity index (χ3v) is 4.80. The van der Waals surface area contributed by atoms with Crippen LogP contribution in [-0.4, -0.2) is 16.9 Å². The first-order chi connectivity index (χ1) is 10.1. The van der Waals surface area contributed by atoms with Crippen LogP contribution in [0.15, 0.2) is 35.4 Å². The first kappa shape index (κ1) is 14.4. The topological polar surface area (TPSA) is 42.0 Å². The van der Waals surface area contributed by atoms with Gasteiger partial charge in [-0.2, -0.15) is 0 Å². The van der Waals surface area contributed by atoms with E-state index in [0.29, 0.717) is 16.5 Å². The number of hydrogen-bond acceptors (Lipinski definition) is 3. The Morgan fingerprint density at radius 3 is 2.76 bits per heavy atom. The minimum Gasteiger partial charge on any atom is -0.349 e. The number of hydrogen-bond donors (Lipinski definition) is 2. The maximum atomic E-state index is 12.5. The van der Waals surface area contributed by atoms with Crippen molar-refractivity contribution in [2.24, 2.45) is 5.92 Å². The highest BCUT2D eigenvalue weighted by Crippen LogP contribution is 2.26. The van der Waals surface area contributed by atoms with Gasteiger partial charge in [0.2, 0.25) is 0 Å². The smallest absolute Gasteiger partial charge is 0.252 e. The Balaban J connectivity index is 1.80. The maximum Gasteiger partial charge on any atom is 0.252 e. The summed E-state index contributed by atoms with van der Waals surface area (Å²) in [5.41, 5.74) is 1.40. The second-order valence-corrected chi connectivity index (χ2v) is 6.41. The third-order valence-electron chi connectivity index (χ3n) is 4.34. The predicted molar refractivity (Wildman–Crippen MR) is 87.9 cm³/mol. The largest absolute Gasteiger partial charge is 0.349 e. The Kier molecular flexibility index (Phi) is 4.15. The van der Waals surface area contributed by atoms with Crippen molar-refractivity contribution in [2.45, 2.75) is 43.5 Å². The van der Waals surface area contributed by atoms with E-state index in [-0.39, 0.29) is 5.91 Å². The molecule has 0 saturated heterocycles. The van der Waals surface area contributed by atoms with E-state index in [1.165, 1.54) is 12.8 Å². The minimum absolute atomic E-state index is 0.0351. The fourth-order valence-electron chi connectivity index (χ4n) is 2.98. The van der Waals surface area contributed by atoms with Crippen LogP contribution in [0.2, 0.25) is 0 Å². The van der Waals surface area contributed by atoms with Crippen molar-refractivity contribution in [3.05, 3.63) is 36.0 Å². The number of rotatable bonds is 2. The number of nitrogens with zero attached hydrogens (tertiary/aromatic N) is 1. The van der Waals surface area contributed by atoms with E-state index in [9.17, 15) is 4.79 Å². The molecule has 0 aliphatic heterocycles.